The molecule has 2 rings (SSSR count). The van der Waals surface area contributed by atoms with E-state index in [2.05, 4.69) is 16.0 Å². The number of hydrogen-bond acceptors (Lipinski definition) is 4. The van der Waals surface area contributed by atoms with Gasteiger partial charge in [-0.15, -0.1) is 0 Å². The first kappa shape index (κ1) is 15.8. The van der Waals surface area contributed by atoms with Crippen molar-refractivity contribution in [3.05, 3.63) is 0 Å². The van der Waals surface area contributed by atoms with Crippen molar-refractivity contribution in [2.75, 3.05) is 19.6 Å². The van der Waals surface area contributed by atoms with Crippen LogP contribution in [0.3, 0.4) is 0 Å². The summed E-state index contributed by atoms with van der Waals surface area (Å²) in [4.78, 5) is 37.4. The lowest BCUT2D eigenvalue weighted by Crippen LogP contribution is -2.50. The van der Waals surface area contributed by atoms with E-state index in [9.17, 15) is 14.4 Å². The van der Waals surface area contributed by atoms with E-state index >= 15 is 0 Å². The van der Waals surface area contributed by atoms with Crippen LogP contribution in [-0.4, -0.2) is 54.0 Å². The summed E-state index contributed by atoms with van der Waals surface area (Å²) >= 11 is 0. The van der Waals surface area contributed by atoms with Gasteiger partial charge in [-0.05, 0) is 32.2 Å². The number of piperidine rings is 1. The van der Waals surface area contributed by atoms with Gasteiger partial charge in [0.1, 0.15) is 12.1 Å². The summed E-state index contributed by atoms with van der Waals surface area (Å²) < 4.78 is 0. The van der Waals surface area contributed by atoms with Crippen LogP contribution >= 0.6 is 0 Å². The van der Waals surface area contributed by atoms with Crippen molar-refractivity contribution < 1.29 is 14.4 Å². The Morgan fingerprint density at radius 1 is 1.38 bits per heavy atom. The predicted molar refractivity (Wildman–Crippen MR) is 77.6 cm³/mol. The number of urea groups is 1. The molecule has 0 aliphatic carbocycles. The van der Waals surface area contributed by atoms with Gasteiger partial charge in [-0.1, -0.05) is 13.8 Å². The van der Waals surface area contributed by atoms with Crippen LogP contribution in [0.1, 0.15) is 39.5 Å². The van der Waals surface area contributed by atoms with E-state index in [1.165, 1.54) is 0 Å². The molecule has 2 saturated heterocycles. The van der Waals surface area contributed by atoms with Gasteiger partial charge in [-0.3, -0.25) is 14.5 Å². The molecule has 2 aliphatic rings. The quantitative estimate of drug-likeness (QED) is 0.621. The van der Waals surface area contributed by atoms with Crippen LogP contribution in [-0.2, 0) is 9.59 Å². The van der Waals surface area contributed by atoms with E-state index in [1.807, 2.05) is 13.8 Å². The summed E-state index contributed by atoms with van der Waals surface area (Å²) in [6.07, 6.45) is 2.99. The molecule has 7 heteroatoms. The van der Waals surface area contributed by atoms with Crippen molar-refractivity contribution in [2.45, 2.75) is 51.1 Å². The summed E-state index contributed by atoms with van der Waals surface area (Å²) in [5, 5.41) is 8.80. The van der Waals surface area contributed by atoms with Gasteiger partial charge in [0, 0.05) is 12.6 Å². The third-order valence-electron chi connectivity index (χ3n) is 4.42. The molecule has 0 radical (unpaired) electrons. The van der Waals surface area contributed by atoms with Gasteiger partial charge >= 0.3 is 6.03 Å². The fraction of sp³-hybridized carbons (Fsp3) is 0.786. The summed E-state index contributed by atoms with van der Waals surface area (Å²) in [6.45, 7) is 5.22. The first-order valence-electron chi connectivity index (χ1n) is 7.66. The van der Waals surface area contributed by atoms with E-state index in [-0.39, 0.29) is 24.4 Å². The van der Waals surface area contributed by atoms with Gasteiger partial charge in [-0.2, -0.15) is 0 Å². The smallest absolute Gasteiger partial charge is 0.325 e. The average molecular weight is 296 g/mol. The number of imide groups is 1. The van der Waals surface area contributed by atoms with Crippen LogP contribution in [0.15, 0.2) is 0 Å². The van der Waals surface area contributed by atoms with Crippen molar-refractivity contribution in [3.63, 3.8) is 0 Å². The second-order valence-electron chi connectivity index (χ2n) is 5.72. The summed E-state index contributed by atoms with van der Waals surface area (Å²) in [5.41, 5.74) is -0.843. The van der Waals surface area contributed by atoms with Crippen molar-refractivity contribution >= 4 is 17.8 Å². The van der Waals surface area contributed by atoms with Crippen LogP contribution in [0.25, 0.3) is 0 Å². The molecular formula is C14H24N4O3. The lowest BCUT2D eigenvalue weighted by Gasteiger charge is -2.25. The standard InChI is InChI=1S/C14H24N4O3/c1-3-14(4-2)12(20)18(13(21)17-14)9-11(19)16-10-6-5-7-15-8-10/h10,15H,3-9H2,1-2H3,(H,16,19)(H,17,21)/t10-/m0/s1. The normalized spacial score (nSPS) is 24.9. The number of rotatable bonds is 5. The minimum absolute atomic E-state index is 0.0779. The monoisotopic (exact) mass is 296 g/mol. The van der Waals surface area contributed by atoms with Gasteiger partial charge < -0.3 is 16.0 Å². The molecule has 2 fully saturated rings. The Labute approximate surface area is 124 Å². The Morgan fingerprint density at radius 3 is 2.62 bits per heavy atom. The number of nitrogens with zero attached hydrogens (tertiary/aromatic N) is 1. The Hall–Kier alpha value is -1.63. The van der Waals surface area contributed by atoms with Crippen molar-refractivity contribution in [3.8, 4) is 0 Å². The third-order valence-corrected chi connectivity index (χ3v) is 4.42. The lowest BCUT2D eigenvalue weighted by molar-refractivity contribution is -0.135. The van der Waals surface area contributed by atoms with E-state index in [1.54, 1.807) is 0 Å². The van der Waals surface area contributed by atoms with Gasteiger partial charge in [0.25, 0.3) is 5.91 Å². The summed E-state index contributed by atoms with van der Waals surface area (Å²) in [7, 11) is 0. The fourth-order valence-electron chi connectivity index (χ4n) is 2.94. The molecule has 0 aromatic carbocycles. The molecule has 1 atom stereocenters. The van der Waals surface area contributed by atoms with Crippen LogP contribution in [0.2, 0.25) is 0 Å². The molecule has 0 aromatic rings. The number of amides is 4. The first-order valence-corrected chi connectivity index (χ1v) is 7.66. The molecule has 2 heterocycles. The molecule has 3 N–H and O–H groups in total. The van der Waals surface area contributed by atoms with Crippen molar-refractivity contribution in [1.29, 1.82) is 0 Å². The average Bonchev–Trinajstić information content (AvgIpc) is 2.73. The number of nitrogens with one attached hydrogen (secondary N) is 3. The second kappa shape index (κ2) is 6.43. The van der Waals surface area contributed by atoms with Gasteiger partial charge in [-0.25, -0.2) is 4.79 Å². The maximum Gasteiger partial charge on any atom is 0.325 e. The molecule has 0 bridgehead atoms. The van der Waals surface area contributed by atoms with E-state index in [0.29, 0.717) is 12.8 Å². The van der Waals surface area contributed by atoms with E-state index < -0.39 is 11.6 Å². The highest BCUT2D eigenvalue weighted by Gasteiger charge is 2.49. The SMILES string of the molecule is CCC1(CC)NC(=O)N(CC(=O)N[C@H]2CCCNC2)C1=O. The molecule has 2 aliphatic heterocycles. The molecule has 0 unspecified atom stereocenters. The number of hydrogen-bond donors (Lipinski definition) is 3. The molecule has 0 saturated carbocycles. The second-order valence-corrected chi connectivity index (χ2v) is 5.72. The zero-order valence-corrected chi connectivity index (χ0v) is 12.7. The van der Waals surface area contributed by atoms with Gasteiger partial charge in [0.15, 0.2) is 0 Å². The highest BCUT2D eigenvalue weighted by Crippen LogP contribution is 2.24. The molecule has 7 nitrogen and oxygen atoms in total. The third kappa shape index (κ3) is 3.18. The highest BCUT2D eigenvalue weighted by atomic mass is 16.2. The maximum atomic E-state index is 12.4. The molecule has 4 amide bonds. The Balaban J connectivity index is 1.94. The topological polar surface area (TPSA) is 90.5 Å². The minimum atomic E-state index is -0.843. The first-order chi connectivity index (χ1) is 10.0. The van der Waals surface area contributed by atoms with E-state index in [0.717, 1.165) is 30.8 Å². The fourth-order valence-corrected chi connectivity index (χ4v) is 2.94. The van der Waals surface area contributed by atoms with Crippen molar-refractivity contribution in [2.24, 2.45) is 0 Å². The van der Waals surface area contributed by atoms with Crippen LogP contribution in [0, 0.1) is 0 Å². The van der Waals surface area contributed by atoms with Crippen LogP contribution < -0.4 is 16.0 Å². The van der Waals surface area contributed by atoms with Crippen LogP contribution in [0.4, 0.5) is 4.79 Å². The van der Waals surface area contributed by atoms with E-state index in [4.69, 9.17) is 0 Å². The predicted octanol–water partition coefficient (Wildman–Crippen LogP) is -0.0348. The number of carbonyl (C=O) groups is 3. The molecule has 0 aromatic heterocycles. The molecule has 118 valence electrons. The zero-order valence-electron chi connectivity index (χ0n) is 12.7. The Morgan fingerprint density at radius 2 is 2.10 bits per heavy atom. The Bertz CT molecular complexity index is 428. The Kier molecular flexibility index (Phi) is 4.82. The molecule has 21 heavy (non-hydrogen) atoms. The lowest BCUT2D eigenvalue weighted by atomic mass is 9.93. The molecular weight excluding hydrogens is 272 g/mol. The zero-order chi connectivity index (χ0) is 15.5. The maximum absolute atomic E-state index is 12.4. The minimum Gasteiger partial charge on any atom is -0.351 e. The number of carbonyl (C=O) groups excluding carboxylic acids is 3. The van der Waals surface area contributed by atoms with Gasteiger partial charge in [0.2, 0.25) is 5.91 Å². The largest absolute Gasteiger partial charge is 0.351 e. The molecule has 0 spiro atoms. The highest BCUT2D eigenvalue weighted by molar-refractivity contribution is 6.08. The van der Waals surface area contributed by atoms with Gasteiger partial charge in [0.05, 0.1) is 0 Å². The summed E-state index contributed by atoms with van der Waals surface area (Å²) in [6, 6.07) is -0.394. The summed E-state index contributed by atoms with van der Waals surface area (Å²) in [5.74, 6) is -0.579. The van der Waals surface area contributed by atoms with Crippen molar-refractivity contribution in [1.82, 2.24) is 20.9 Å². The van der Waals surface area contributed by atoms with Crippen LogP contribution in [0.5, 0.6) is 0 Å².